The van der Waals surface area contributed by atoms with Crippen LogP contribution in [0.15, 0.2) is 18.7 Å². The van der Waals surface area contributed by atoms with E-state index < -0.39 is 11.9 Å². The summed E-state index contributed by atoms with van der Waals surface area (Å²) in [6.45, 7) is 1.51. The van der Waals surface area contributed by atoms with Crippen LogP contribution < -0.4 is 0 Å². The van der Waals surface area contributed by atoms with E-state index in [9.17, 15) is 9.59 Å². The van der Waals surface area contributed by atoms with Gasteiger partial charge in [0, 0.05) is 38.4 Å². The van der Waals surface area contributed by atoms with E-state index in [1.165, 1.54) is 0 Å². The molecule has 86 valence electrons. The molecule has 1 saturated heterocycles. The van der Waals surface area contributed by atoms with Crippen molar-refractivity contribution in [2.75, 3.05) is 13.1 Å². The lowest BCUT2D eigenvalue weighted by Crippen LogP contribution is -2.29. The first-order valence-electron chi connectivity index (χ1n) is 5.13. The minimum atomic E-state index is -0.890. The Labute approximate surface area is 92.5 Å². The van der Waals surface area contributed by atoms with Gasteiger partial charge in [0.25, 0.3) is 0 Å². The highest BCUT2D eigenvalue weighted by Crippen LogP contribution is 2.17. The fourth-order valence-electron chi connectivity index (χ4n) is 1.81. The maximum atomic E-state index is 11.5. The largest absolute Gasteiger partial charge is 0.481 e. The molecule has 1 N–H and O–H groups in total. The van der Waals surface area contributed by atoms with Gasteiger partial charge in [-0.15, -0.1) is 0 Å². The second-order valence-corrected chi connectivity index (χ2v) is 3.88. The van der Waals surface area contributed by atoms with Crippen molar-refractivity contribution < 1.29 is 14.7 Å². The van der Waals surface area contributed by atoms with Crippen LogP contribution in [0.4, 0.5) is 0 Å². The molecule has 2 heterocycles. The van der Waals surface area contributed by atoms with E-state index in [4.69, 9.17) is 5.11 Å². The molecule has 0 aliphatic carbocycles. The van der Waals surface area contributed by atoms with Crippen LogP contribution in [0.2, 0.25) is 0 Å². The van der Waals surface area contributed by atoms with Gasteiger partial charge in [0.1, 0.15) is 0 Å². The van der Waals surface area contributed by atoms with Crippen LogP contribution >= 0.6 is 0 Å². The Morgan fingerprint density at radius 1 is 1.56 bits per heavy atom. The maximum Gasteiger partial charge on any atom is 0.308 e. The molecule has 0 aromatic carbocycles. The Morgan fingerprint density at radius 2 is 2.38 bits per heavy atom. The first-order valence-corrected chi connectivity index (χ1v) is 5.13. The van der Waals surface area contributed by atoms with E-state index in [1.54, 1.807) is 17.4 Å². The number of carboxylic acids is 1. The summed E-state index contributed by atoms with van der Waals surface area (Å²) in [5, 5.41) is 8.81. The van der Waals surface area contributed by atoms with Crippen LogP contribution in [0.25, 0.3) is 0 Å². The number of carbonyl (C=O) groups excluding carboxylic acids is 1. The molecule has 1 aromatic rings. The third-order valence-electron chi connectivity index (χ3n) is 2.75. The van der Waals surface area contributed by atoms with Crippen LogP contribution in [-0.4, -0.2) is 44.5 Å². The van der Waals surface area contributed by atoms with Crippen LogP contribution in [0.5, 0.6) is 0 Å². The minimum absolute atomic E-state index is 0.0764. The molecule has 1 atom stereocenters. The van der Waals surface area contributed by atoms with E-state index >= 15 is 0 Å². The van der Waals surface area contributed by atoms with E-state index in [0.717, 1.165) is 0 Å². The summed E-state index contributed by atoms with van der Waals surface area (Å²) in [5.74, 6) is -1.51. The Kier molecular flexibility index (Phi) is 2.89. The average Bonchev–Trinajstić information content (AvgIpc) is 2.84. The first kappa shape index (κ1) is 10.7. The van der Waals surface area contributed by atoms with Gasteiger partial charge in [-0.1, -0.05) is 0 Å². The average molecular weight is 223 g/mol. The lowest BCUT2D eigenvalue weighted by molar-refractivity contribution is -0.141. The summed E-state index contributed by atoms with van der Waals surface area (Å²) >= 11 is 0. The molecule has 1 unspecified atom stereocenters. The maximum absolute atomic E-state index is 11.5. The quantitative estimate of drug-likeness (QED) is 0.768. The topological polar surface area (TPSA) is 75.4 Å². The highest BCUT2D eigenvalue weighted by Gasteiger charge is 2.33. The van der Waals surface area contributed by atoms with Crippen LogP contribution in [0, 0.1) is 5.92 Å². The third-order valence-corrected chi connectivity index (χ3v) is 2.75. The Balaban J connectivity index is 1.87. The number of hydrogen-bond acceptors (Lipinski definition) is 3. The fraction of sp³-hybridized carbons (Fsp3) is 0.500. The van der Waals surface area contributed by atoms with E-state index in [0.29, 0.717) is 19.6 Å². The van der Waals surface area contributed by atoms with Gasteiger partial charge in [0.05, 0.1) is 12.2 Å². The SMILES string of the molecule is O=C(O)C1CC(=O)N(CCn2ccnc2)C1. The van der Waals surface area contributed by atoms with Crippen molar-refractivity contribution in [3.8, 4) is 0 Å². The Hall–Kier alpha value is -1.85. The molecule has 0 spiro atoms. The van der Waals surface area contributed by atoms with E-state index in [-0.39, 0.29) is 12.3 Å². The summed E-state index contributed by atoms with van der Waals surface area (Å²) in [4.78, 5) is 27.7. The Morgan fingerprint density at radius 3 is 2.94 bits per heavy atom. The van der Waals surface area contributed by atoms with Gasteiger partial charge in [0.15, 0.2) is 0 Å². The zero-order valence-corrected chi connectivity index (χ0v) is 8.74. The van der Waals surface area contributed by atoms with Gasteiger partial charge in [-0.3, -0.25) is 9.59 Å². The molecule has 0 saturated carbocycles. The minimum Gasteiger partial charge on any atom is -0.481 e. The summed E-state index contributed by atoms with van der Waals surface area (Å²) in [6.07, 6.45) is 5.29. The second-order valence-electron chi connectivity index (χ2n) is 3.88. The number of aromatic nitrogens is 2. The number of aliphatic carboxylic acids is 1. The molecular weight excluding hydrogens is 210 g/mol. The number of carbonyl (C=O) groups is 2. The van der Waals surface area contributed by atoms with E-state index in [1.807, 2.05) is 10.8 Å². The number of amides is 1. The summed E-state index contributed by atoms with van der Waals surface area (Å²) < 4.78 is 1.86. The van der Waals surface area contributed by atoms with Gasteiger partial charge in [-0.25, -0.2) is 4.98 Å². The van der Waals surface area contributed by atoms with Gasteiger partial charge in [-0.05, 0) is 0 Å². The molecule has 6 heteroatoms. The molecule has 1 aromatic heterocycles. The summed E-state index contributed by atoms with van der Waals surface area (Å²) in [6, 6.07) is 0. The zero-order chi connectivity index (χ0) is 11.5. The lowest BCUT2D eigenvalue weighted by Gasteiger charge is -2.15. The van der Waals surface area contributed by atoms with Crippen LogP contribution in [0.3, 0.4) is 0 Å². The molecule has 1 amide bonds. The predicted molar refractivity (Wildman–Crippen MR) is 54.5 cm³/mol. The van der Waals surface area contributed by atoms with E-state index in [2.05, 4.69) is 4.98 Å². The van der Waals surface area contributed by atoms with Crippen molar-refractivity contribution in [2.24, 2.45) is 5.92 Å². The first-order chi connectivity index (χ1) is 7.66. The van der Waals surface area contributed by atoms with Gasteiger partial charge >= 0.3 is 5.97 Å². The third kappa shape index (κ3) is 2.21. The van der Waals surface area contributed by atoms with Gasteiger partial charge in [-0.2, -0.15) is 0 Å². The summed E-state index contributed by atoms with van der Waals surface area (Å²) in [7, 11) is 0. The highest BCUT2D eigenvalue weighted by atomic mass is 16.4. The number of hydrogen-bond donors (Lipinski definition) is 1. The predicted octanol–water partition coefficient (Wildman–Crippen LogP) is -0.184. The van der Waals surface area contributed by atoms with Crippen molar-refractivity contribution in [3.05, 3.63) is 18.7 Å². The lowest BCUT2D eigenvalue weighted by atomic mass is 10.1. The monoisotopic (exact) mass is 223 g/mol. The molecule has 16 heavy (non-hydrogen) atoms. The van der Waals surface area contributed by atoms with Crippen molar-refractivity contribution in [2.45, 2.75) is 13.0 Å². The number of imidazole rings is 1. The molecule has 1 fully saturated rings. The molecular formula is C10H13N3O3. The second kappa shape index (κ2) is 4.34. The summed E-state index contributed by atoms with van der Waals surface area (Å²) in [5.41, 5.74) is 0. The van der Waals surface area contributed by atoms with Crippen molar-refractivity contribution in [3.63, 3.8) is 0 Å². The molecule has 0 bridgehead atoms. The smallest absolute Gasteiger partial charge is 0.308 e. The molecule has 1 aliphatic rings. The number of likely N-dealkylation sites (tertiary alicyclic amines) is 1. The van der Waals surface area contributed by atoms with Gasteiger partial charge in [0.2, 0.25) is 5.91 Å². The fourth-order valence-corrected chi connectivity index (χ4v) is 1.81. The number of nitrogens with zero attached hydrogens (tertiary/aromatic N) is 3. The standard InChI is InChI=1S/C10H13N3O3/c14-9-5-8(10(15)16)6-13(9)4-3-12-2-1-11-7-12/h1-2,7-8H,3-6H2,(H,15,16). The van der Waals surface area contributed by atoms with Crippen LogP contribution in [-0.2, 0) is 16.1 Å². The highest BCUT2D eigenvalue weighted by molar-refractivity contribution is 5.86. The number of carboxylic acid groups (broad SMARTS) is 1. The van der Waals surface area contributed by atoms with Crippen molar-refractivity contribution >= 4 is 11.9 Å². The molecule has 2 rings (SSSR count). The van der Waals surface area contributed by atoms with Crippen molar-refractivity contribution in [1.82, 2.24) is 14.5 Å². The molecule has 0 radical (unpaired) electrons. The zero-order valence-electron chi connectivity index (χ0n) is 8.74. The Bertz CT molecular complexity index is 388. The molecule has 6 nitrogen and oxygen atoms in total. The number of rotatable bonds is 4. The molecule has 1 aliphatic heterocycles. The normalized spacial score (nSPS) is 20.4. The van der Waals surface area contributed by atoms with Crippen LogP contribution in [0.1, 0.15) is 6.42 Å². The van der Waals surface area contributed by atoms with Gasteiger partial charge < -0.3 is 14.6 Å². The van der Waals surface area contributed by atoms with Crippen molar-refractivity contribution in [1.29, 1.82) is 0 Å².